The van der Waals surface area contributed by atoms with Crippen molar-refractivity contribution in [2.45, 2.75) is 0 Å². The van der Waals surface area contributed by atoms with Crippen molar-refractivity contribution in [1.82, 2.24) is 19.9 Å². The van der Waals surface area contributed by atoms with E-state index in [1.165, 1.54) is 10.8 Å². The average Bonchev–Trinajstić information content (AvgIpc) is 3.35. The summed E-state index contributed by atoms with van der Waals surface area (Å²) >= 11 is 6.68. The summed E-state index contributed by atoms with van der Waals surface area (Å²) in [4.78, 5) is 18.0. The average molecular weight is 509 g/mol. The van der Waals surface area contributed by atoms with E-state index in [1.54, 1.807) is 0 Å². The van der Waals surface area contributed by atoms with E-state index >= 15 is 0 Å². The highest BCUT2D eigenvalue weighted by atomic mass is 35.5. The SMILES string of the molecule is Clc1cc(-c2ccc3[nH]c4ccccc4c3c2)cc(-c2nc(-c3ccccc3)nc(-c3ccccc3)n2)c1. The van der Waals surface area contributed by atoms with E-state index in [-0.39, 0.29) is 0 Å². The number of nitrogens with zero attached hydrogens (tertiary/aromatic N) is 3. The second-order valence-corrected chi connectivity index (χ2v) is 9.63. The second-order valence-electron chi connectivity index (χ2n) is 9.20. The quantitative estimate of drug-likeness (QED) is 0.258. The molecule has 5 aromatic carbocycles. The topological polar surface area (TPSA) is 54.5 Å². The van der Waals surface area contributed by atoms with Crippen molar-refractivity contribution < 1.29 is 0 Å². The van der Waals surface area contributed by atoms with Gasteiger partial charge in [0.15, 0.2) is 17.5 Å². The molecule has 38 heavy (non-hydrogen) atoms. The van der Waals surface area contributed by atoms with E-state index in [1.807, 2.05) is 78.9 Å². The molecule has 0 fully saturated rings. The van der Waals surface area contributed by atoms with Crippen LogP contribution in [0.3, 0.4) is 0 Å². The molecule has 2 aromatic heterocycles. The third-order valence-corrected chi connectivity index (χ3v) is 6.91. The number of hydrogen-bond donors (Lipinski definition) is 1. The van der Waals surface area contributed by atoms with Gasteiger partial charge in [0.2, 0.25) is 0 Å². The Hall–Kier alpha value is -4.80. The first kappa shape index (κ1) is 22.4. The Morgan fingerprint density at radius 3 is 1.66 bits per heavy atom. The van der Waals surface area contributed by atoms with Gasteiger partial charge in [-0.1, -0.05) is 96.5 Å². The van der Waals surface area contributed by atoms with Crippen molar-refractivity contribution in [2.75, 3.05) is 0 Å². The number of nitrogens with one attached hydrogen (secondary N) is 1. The second kappa shape index (κ2) is 9.25. The van der Waals surface area contributed by atoms with Crippen LogP contribution in [-0.4, -0.2) is 19.9 Å². The molecule has 0 aliphatic carbocycles. The first-order valence-electron chi connectivity index (χ1n) is 12.4. The highest BCUT2D eigenvalue weighted by Crippen LogP contribution is 2.34. The molecule has 0 spiro atoms. The van der Waals surface area contributed by atoms with Gasteiger partial charge in [-0.3, -0.25) is 0 Å². The van der Waals surface area contributed by atoms with Crippen LogP contribution in [0.4, 0.5) is 0 Å². The molecule has 180 valence electrons. The van der Waals surface area contributed by atoms with E-state index in [9.17, 15) is 0 Å². The number of aromatic amines is 1. The van der Waals surface area contributed by atoms with Gasteiger partial charge in [0.05, 0.1) is 0 Å². The van der Waals surface area contributed by atoms with Crippen LogP contribution in [0.5, 0.6) is 0 Å². The van der Waals surface area contributed by atoms with Crippen LogP contribution in [-0.2, 0) is 0 Å². The number of rotatable bonds is 4. The maximum atomic E-state index is 6.68. The molecular formula is C33H21ClN4. The lowest BCUT2D eigenvalue weighted by molar-refractivity contribution is 1.07. The molecule has 4 nitrogen and oxygen atoms in total. The van der Waals surface area contributed by atoms with Gasteiger partial charge in [-0.2, -0.15) is 0 Å². The summed E-state index contributed by atoms with van der Waals surface area (Å²) in [7, 11) is 0. The zero-order chi connectivity index (χ0) is 25.5. The Bertz CT molecular complexity index is 1870. The molecule has 7 rings (SSSR count). The summed E-state index contributed by atoms with van der Waals surface area (Å²) in [6.07, 6.45) is 0. The van der Waals surface area contributed by atoms with Gasteiger partial charge in [0, 0.05) is 43.5 Å². The molecule has 0 atom stereocenters. The first-order chi connectivity index (χ1) is 18.7. The third-order valence-electron chi connectivity index (χ3n) is 6.69. The molecule has 0 aliphatic heterocycles. The van der Waals surface area contributed by atoms with E-state index in [2.05, 4.69) is 47.4 Å². The summed E-state index contributed by atoms with van der Waals surface area (Å²) in [5.74, 6) is 1.82. The zero-order valence-corrected chi connectivity index (χ0v) is 21.0. The van der Waals surface area contributed by atoms with Crippen molar-refractivity contribution in [3.05, 3.63) is 126 Å². The van der Waals surface area contributed by atoms with Crippen molar-refractivity contribution in [1.29, 1.82) is 0 Å². The van der Waals surface area contributed by atoms with Gasteiger partial charge in [-0.25, -0.2) is 15.0 Å². The van der Waals surface area contributed by atoms with Crippen LogP contribution >= 0.6 is 11.6 Å². The first-order valence-corrected chi connectivity index (χ1v) is 12.8. The van der Waals surface area contributed by atoms with Crippen molar-refractivity contribution >= 4 is 33.4 Å². The molecule has 0 saturated heterocycles. The number of halogens is 1. The Labute approximate surface area is 224 Å². The lowest BCUT2D eigenvalue weighted by Gasteiger charge is -2.10. The molecule has 0 amide bonds. The van der Waals surface area contributed by atoms with Crippen LogP contribution in [0.25, 0.3) is 67.1 Å². The maximum Gasteiger partial charge on any atom is 0.164 e. The predicted molar refractivity (Wildman–Crippen MR) is 156 cm³/mol. The minimum Gasteiger partial charge on any atom is -0.355 e. The molecule has 0 aliphatic rings. The van der Waals surface area contributed by atoms with Crippen LogP contribution in [0, 0.1) is 0 Å². The summed E-state index contributed by atoms with van der Waals surface area (Å²) < 4.78 is 0. The number of para-hydroxylation sites is 1. The molecule has 7 aromatic rings. The van der Waals surface area contributed by atoms with Gasteiger partial charge >= 0.3 is 0 Å². The van der Waals surface area contributed by atoms with Gasteiger partial charge < -0.3 is 4.98 Å². The van der Waals surface area contributed by atoms with E-state index in [0.29, 0.717) is 22.5 Å². The van der Waals surface area contributed by atoms with Gasteiger partial charge in [-0.15, -0.1) is 0 Å². The molecule has 5 heteroatoms. The molecule has 0 bridgehead atoms. The summed E-state index contributed by atoms with van der Waals surface area (Å²) in [6.45, 7) is 0. The van der Waals surface area contributed by atoms with Crippen molar-refractivity contribution in [2.24, 2.45) is 0 Å². The van der Waals surface area contributed by atoms with Crippen molar-refractivity contribution in [3.8, 4) is 45.3 Å². The van der Waals surface area contributed by atoms with Crippen LogP contribution < -0.4 is 0 Å². The van der Waals surface area contributed by atoms with Gasteiger partial charge in [0.1, 0.15) is 0 Å². The normalized spacial score (nSPS) is 11.3. The van der Waals surface area contributed by atoms with Crippen LogP contribution in [0.1, 0.15) is 0 Å². The Balaban J connectivity index is 1.39. The summed E-state index contributed by atoms with van der Waals surface area (Å²) in [5, 5.41) is 3.00. The molecule has 0 unspecified atom stereocenters. The van der Waals surface area contributed by atoms with Crippen LogP contribution in [0.2, 0.25) is 5.02 Å². The molecular weight excluding hydrogens is 488 g/mol. The Morgan fingerprint density at radius 2 is 0.974 bits per heavy atom. The minimum absolute atomic E-state index is 0.578. The van der Waals surface area contributed by atoms with Gasteiger partial charge in [-0.05, 0) is 47.5 Å². The predicted octanol–water partition coefficient (Wildman–Crippen LogP) is 8.83. The van der Waals surface area contributed by atoms with E-state index in [4.69, 9.17) is 26.6 Å². The zero-order valence-electron chi connectivity index (χ0n) is 20.3. The largest absolute Gasteiger partial charge is 0.355 e. The van der Waals surface area contributed by atoms with Crippen molar-refractivity contribution in [3.63, 3.8) is 0 Å². The summed E-state index contributed by atoms with van der Waals surface area (Å²) in [5.41, 5.74) is 7.01. The fourth-order valence-electron chi connectivity index (χ4n) is 4.85. The highest BCUT2D eigenvalue weighted by molar-refractivity contribution is 6.31. The van der Waals surface area contributed by atoms with E-state index < -0.39 is 0 Å². The molecule has 0 saturated carbocycles. The number of hydrogen-bond acceptors (Lipinski definition) is 3. The Kier molecular flexibility index (Phi) is 5.46. The summed E-state index contributed by atoms with van der Waals surface area (Å²) in [6, 6.07) is 40.7. The molecule has 0 radical (unpaired) electrons. The smallest absolute Gasteiger partial charge is 0.164 e. The van der Waals surface area contributed by atoms with E-state index in [0.717, 1.165) is 38.9 Å². The third kappa shape index (κ3) is 4.11. The number of benzene rings is 5. The monoisotopic (exact) mass is 508 g/mol. The Morgan fingerprint density at radius 1 is 0.421 bits per heavy atom. The standard InChI is InChI=1S/C33H21ClN4/c34-26-18-24(23-15-16-30-28(20-23)27-13-7-8-14-29(27)35-30)17-25(19-26)33-37-31(21-9-3-1-4-10-21)36-32(38-33)22-11-5-2-6-12-22/h1-20,35H. The maximum absolute atomic E-state index is 6.68. The molecule has 1 N–H and O–H groups in total. The van der Waals surface area contributed by atoms with Gasteiger partial charge in [0.25, 0.3) is 0 Å². The minimum atomic E-state index is 0.578. The van der Waals surface area contributed by atoms with Crippen LogP contribution in [0.15, 0.2) is 121 Å². The molecule has 2 heterocycles. The fraction of sp³-hybridized carbons (Fsp3) is 0. The highest BCUT2D eigenvalue weighted by Gasteiger charge is 2.14. The fourth-order valence-corrected chi connectivity index (χ4v) is 5.09. The number of aromatic nitrogens is 4. The number of fused-ring (bicyclic) bond motifs is 3. The number of H-pyrrole nitrogens is 1. The lowest BCUT2D eigenvalue weighted by Crippen LogP contribution is -2.00. The lowest BCUT2D eigenvalue weighted by atomic mass is 10.0.